The second-order valence-electron chi connectivity index (χ2n) is 7.70. The van der Waals surface area contributed by atoms with Gasteiger partial charge in [0.1, 0.15) is 24.9 Å². The van der Waals surface area contributed by atoms with E-state index in [0.717, 1.165) is 43.9 Å². The van der Waals surface area contributed by atoms with Crippen LogP contribution in [-0.4, -0.2) is 39.9 Å². The summed E-state index contributed by atoms with van der Waals surface area (Å²) in [6, 6.07) is 15.7. The van der Waals surface area contributed by atoms with Gasteiger partial charge in [0.25, 0.3) is 5.91 Å². The molecule has 0 bridgehead atoms. The van der Waals surface area contributed by atoms with Crippen molar-refractivity contribution in [2.24, 2.45) is 0 Å². The second-order valence-corrected chi connectivity index (χ2v) is 7.70. The van der Waals surface area contributed by atoms with Crippen molar-refractivity contribution in [3.05, 3.63) is 71.3 Å². The molecule has 2 aromatic carbocycles. The zero-order chi connectivity index (χ0) is 20.3. The molecular formula is C23H24N4O3. The fraction of sp³-hybridized carbons (Fsp3) is 0.348. The fourth-order valence-corrected chi connectivity index (χ4v) is 4.05. The van der Waals surface area contributed by atoms with Crippen molar-refractivity contribution >= 4 is 5.91 Å². The monoisotopic (exact) mass is 404 g/mol. The van der Waals surface area contributed by atoms with Crippen LogP contribution in [0.4, 0.5) is 0 Å². The van der Waals surface area contributed by atoms with E-state index < -0.39 is 0 Å². The lowest BCUT2D eigenvalue weighted by Gasteiger charge is -2.20. The number of nitrogens with zero attached hydrogens (tertiary/aromatic N) is 3. The minimum absolute atomic E-state index is 0.0841. The van der Waals surface area contributed by atoms with Gasteiger partial charge in [0.05, 0.1) is 0 Å². The number of hydrogen-bond acceptors (Lipinski definition) is 5. The zero-order valence-corrected chi connectivity index (χ0v) is 16.7. The van der Waals surface area contributed by atoms with Gasteiger partial charge in [0, 0.05) is 31.0 Å². The van der Waals surface area contributed by atoms with Gasteiger partial charge < -0.3 is 19.4 Å². The molecule has 7 nitrogen and oxygen atoms in total. The molecule has 30 heavy (non-hydrogen) atoms. The Morgan fingerprint density at radius 2 is 1.87 bits per heavy atom. The number of aryl methyl sites for hydroxylation is 1. The molecule has 154 valence electrons. The predicted octanol–water partition coefficient (Wildman–Crippen LogP) is 2.78. The number of fused-ring (bicyclic) bond motifs is 2. The van der Waals surface area contributed by atoms with Gasteiger partial charge in [-0.05, 0) is 36.6 Å². The van der Waals surface area contributed by atoms with Gasteiger partial charge in [-0.3, -0.25) is 4.79 Å². The topological polar surface area (TPSA) is 78.3 Å². The zero-order valence-electron chi connectivity index (χ0n) is 16.7. The van der Waals surface area contributed by atoms with E-state index in [1.165, 1.54) is 5.56 Å². The maximum Gasteiger partial charge on any atom is 0.251 e. The fourth-order valence-electron chi connectivity index (χ4n) is 4.05. The average molecular weight is 404 g/mol. The van der Waals surface area contributed by atoms with E-state index in [9.17, 15) is 4.79 Å². The molecule has 1 amide bonds. The van der Waals surface area contributed by atoms with Crippen LogP contribution in [-0.2, 0) is 19.4 Å². The van der Waals surface area contributed by atoms with Crippen LogP contribution in [0.25, 0.3) is 0 Å². The van der Waals surface area contributed by atoms with Crippen LogP contribution in [0.5, 0.6) is 11.5 Å². The molecular weight excluding hydrogens is 380 g/mol. The van der Waals surface area contributed by atoms with E-state index in [1.54, 1.807) is 18.2 Å². The van der Waals surface area contributed by atoms with E-state index in [0.29, 0.717) is 30.3 Å². The minimum atomic E-state index is -0.0841. The number of aromatic nitrogens is 3. The van der Waals surface area contributed by atoms with Gasteiger partial charge in [-0.2, -0.15) is 0 Å². The summed E-state index contributed by atoms with van der Waals surface area (Å²) in [5.74, 6) is 3.22. The van der Waals surface area contributed by atoms with E-state index in [-0.39, 0.29) is 11.9 Å². The molecule has 3 heterocycles. The van der Waals surface area contributed by atoms with E-state index in [2.05, 4.69) is 32.2 Å². The van der Waals surface area contributed by atoms with Gasteiger partial charge in [0.2, 0.25) is 0 Å². The van der Waals surface area contributed by atoms with Crippen molar-refractivity contribution in [3.63, 3.8) is 0 Å². The summed E-state index contributed by atoms with van der Waals surface area (Å²) in [4.78, 5) is 12.8. The Morgan fingerprint density at radius 3 is 2.73 bits per heavy atom. The molecule has 7 heteroatoms. The summed E-state index contributed by atoms with van der Waals surface area (Å²) in [5, 5.41) is 12.0. The maximum absolute atomic E-state index is 12.8. The van der Waals surface area contributed by atoms with E-state index >= 15 is 0 Å². The Balaban J connectivity index is 1.24. The molecule has 1 N–H and O–H groups in total. The molecule has 0 spiro atoms. The van der Waals surface area contributed by atoms with Crippen molar-refractivity contribution in [3.8, 4) is 11.5 Å². The molecule has 1 unspecified atom stereocenters. The molecule has 0 fully saturated rings. The van der Waals surface area contributed by atoms with Gasteiger partial charge >= 0.3 is 0 Å². The summed E-state index contributed by atoms with van der Waals surface area (Å²) in [7, 11) is 0. The Kier molecular flexibility index (Phi) is 5.09. The van der Waals surface area contributed by atoms with Crippen LogP contribution in [0.1, 0.15) is 40.4 Å². The highest BCUT2D eigenvalue weighted by atomic mass is 16.6. The van der Waals surface area contributed by atoms with Crippen LogP contribution in [0.2, 0.25) is 0 Å². The quantitative estimate of drug-likeness (QED) is 0.724. The van der Waals surface area contributed by atoms with Crippen molar-refractivity contribution in [1.82, 2.24) is 20.1 Å². The molecule has 2 aliphatic rings. The Labute approximate surface area is 175 Å². The molecule has 3 aromatic rings. The molecule has 0 saturated heterocycles. The molecule has 0 radical (unpaired) electrons. The third kappa shape index (κ3) is 3.87. The summed E-state index contributed by atoms with van der Waals surface area (Å²) >= 11 is 0. The van der Waals surface area contributed by atoms with Crippen molar-refractivity contribution in [2.45, 2.75) is 38.3 Å². The van der Waals surface area contributed by atoms with E-state index in [4.69, 9.17) is 9.47 Å². The lowest BCUT2D eigenvalue weighted by molar-refractivity contribution is 0.0931. The Hall–Kier alpha value is -3.35. The number of benzene rings is 2. The average Bonchev–Trinajstić information content (AvgIpc) is 3.05. The van der Waals surface area contributed by atoms with Crippen LogP contribution in [0.15, 0.2) is 48.5 Å². The lowest BCUT2D eigenvalue weighted by Crippen LogP contribution is -2.35. The smallest absolute Gasteiger partial charge is 0.251 e. The summed E-state index contributed by atoms with van der Waals surface area (Å²) in [6.45, 7) is 1.85. The van der Waals surface area contributed by atoms with E-state index in [1.807, 2.05) is 18.2 Å². The summed E-state index contributed by atoms with van der Waals surface area (Å²) in [6.07, 6.45) is 3.26. The maximum atomic E-state index is 12.8. The Morgan fingerprint density at radius 1 is 1.03 bits per heavy atom. The van der Waals surface area contributed by atoms with Crippen LogP contribution in [0, 0.1) is 0 Å². The standard InChI is InChI=1S/C23H24N4O3/c28-23(17-6-8-19-20(15-17)30-13-12-29-19)24-18-7-9-21-25-26-22(27(21)11-10-18)14-16-4-2-1-3-5-16/h1-6,8,15,18H,7,9-14H2,(H,24,28). The lowest BCUT2D eigenvalue weighted by atomic mass is 10.1. The van der Waals surface area contributed by atoms with Gasteiger partial charge in [-0.1, -0.05) is 30.3 Å². The number of ether oxygens (including phenoxy) is 2. The molecule has 0 saturated carbocycles. The van der Waals surface area contributed by atoms with Crippen LogP contribution in [0.3, 0.4) is 0 Å². The highest BCUT2D eigenvalue weighted by molar-refractivity contribution is 5.95. The van der Waals surface area contributed by atoms with Gasteiger partial charge in [0.15, 0.2) is 11.5 Å². The highest BCUT2D eigenvalue weighted by Gasteiger charge is 2.23. The van der Waals surface area contributed by atoms with Crippen molar-refractivity contribution < 1.29 is 14.3 Å². The normalized spacial score (nSPS) is 17.7. The third-order valence-corrected chi connectivity index (χ3v) is 5.67. The summed E-state index contributed by atoms with van der Waals surface area (Å²) < 4.78 is 13.3. The molecule has 1 atom stereocenters. The first-order valence-corrected chi connectivity index (χ1v) is 10.4. The minimum Gasteiger partial charge on any atom is -0.486 e. The Bertz CT molecular complexity index is 1050. The number of rotatable bonds is 4. The molecule has 5 rings (SSSR count). The molecule has 1 aromatic heterocycles. The SMILES string of the molecule is O=C(NC1CCc2nnc(Cc3ccccc3)n2CC1)c1ccc2c(c1)OCCO2. The summed E-state index contributed by atoms with van der Waals surface area (Å²) in [5.41, 5.74) is 1.81. The van der Waals surface area contributed by atoms with Gasteiger partial charge in [-0.25, -0.2) is 0 Å². The number of amides is 1. The number of nitrogens with one attached hydrogen (secondary N) is 1. The first-order chi connectivity index (χ1) is 14.8. The van der Waals surface area contributed by atoms with Crippen LogP contribution >= 0.6 is 0 Å². The first-order valence-electron chi connectivity index (χ1n) is 10.4. The third-order valence-electron chi connectivity index (χ3n) is 5.67. The largest absolute Gasteiger partial charge is 0.486 e. The van der Waals surface area contributed by atoms with Crippen molar-refractivity contribution in [1.29, 1.82) is 0 Å². The number of hydrogen-bond donors (Lipinski definition) is 1. The molecule has 2 aliphatic heterocycles. The molecule has 0 aliphatic carbocycles. The van der Waals surface area contributed by atoms with Gasteiger partial charge in [-0.15, -0.1) is 10.2 Å². The highest BCUT2D eigenvalue weighted by Crippen LogP contribution is 2.30. The predicted molar refractivity (Wildman–Crippen MR) is 111 cm³/mol. The number of carbonyl (C=O) groups excluding carboxylic acids is 1. The van der Waals surface area contributed by atoms with Crippen LogP contribution < -0.4 is 14.8 Å². The second kappa shape index (κ2) is 8.18. The number of carbonyl (C=O) groups is 1. The first kappa shape index (κ1) is 18.7. The van der Waals surface area contributed by atoms with Crippen molar-refractivity contribution in [2.75, 3.05) is 13.2 Å².